The minimum absolute atomic E-state index is 0.895. The van der Waals surface area contributed by atoms with E-state index < -0.39 is 0 Å². The molecule has 7 rings (SSSR count). The number of nitrogens with zero attached hydrogens (tertiary/aromatic N) is 2. The largest absolute Gasteiger partial charge is 0.260 e. The van der Waals surface area contributed by atoms with Crippen molar-refractivity contribution in [1.29, 1.82) is 0 Å². The van der Waals surface area contributed by atoms with Gasteiger partial charge in [0.2, 0.25) is 11.2 Å². The molecule has 2 aliphatic carbocycles. The molecule has 0 atom stereocenters. The van der Waals surface area contributed by atoms with Crippen molar-refractivity contribution in [2.45, 2.75) is 13.3 Å². The highest BCUT2D eigenvalue weighted by atomic mass is 14.9. The fourth-order valence-electron chi connectivity index (χ4n) is 5.72. The Bertz CT molecular complexity index is 1580. The number of hydrogen-bond donors (Lipinski definition) is 0. The predicted octanol–water partition coefficient (Wildman–Crippen LogP) is 6.25. The maximum Gasteiger partial charge on any atom is 0.214 e. The molecule has 2 heterocycles. The number of hydrogen-bond acceptors (Lipinski definition) is 1. The molecular formula is C29H21N2+. The van der Waals surface area contributed by atoms with Gasteiger partial charge in [0.15, 0.2) is 0 Å². The van der Waals surface area contributed by atoms with Crippen LogP contribution in [0.1, 0.15) is 16.8 Å². The quantitative estimate of drug-likeness (QED) is 0.299. The van der Waals surface area contributed by atoms with E-state index in [1.54, 1.807) is 0 Å². The zero-order valence-electron chi connectivity index (χ0n) is 17.6. The van der Waals surface area contributed by atoms with Crippen LogP contribution in [0.25, 0.3) is 55.5 Å². The summed E-state index contributed by atoms with van der Waals surface area (Å²) in [7, 11) is 2.21. The summed E-state index contributed by atoms with van der Waals surface area (Å²) in [5, 5.41) is 1.37. The highest BCUT2D eigenvalue weighted by Crippen LogP contribution is 2.48. The first-order valence-corrected chi connectivity index (χ1v) is 10.8. The van der Waals surface area contributed by atoms with E-state index in [1.807, 2.05) is 12.3 Å². The molecule has 2 aliphatic rings. The summed E-state index contributed by atoms with van der Waals surface area (Å²) in [6.45, 7) is 2.24. The predicted molar refractivity (Wildman–Crippen MR) is 126 cm³/mol. The normalized spacial score (nSPS) is 12.7. The van der Waals surface area contributed by atoms with Crippen molar-refractivity contribution < 1.29 is 4.57 Å². The smallest absolute Gasteiger partial charge is 0.214 e. The Hall–Kier alpha value is -3.78. The van der Waals surface area contributed by atoms with Gasteiger partial charge in [-0.3, -0.25) is 4.98 Å². The van der Waals surface area contributed by atoms with Gasteiger partial charge in [-0.1, -0.05) is 54.6 Å². The van der Waals surface area contributed by atoms with Gasteiger partial charge in [0.25, 0.3) is 0 Å². The zero-order chi connectivity index (χ0) is 20.7. The van der Waals surface area contributed by atoms with Gasteiger partial charge >= 0.3 is 0 Å². The molecule has 2 nitrogen and oxygen atoms in total. The van der Waals surface area contributed by atoms with E-state index >= 15 is 0 Å². The molecule has 0 unspecified atom stereocenters. The van der Waals surface area contributed by atoms with E-state index in [2.05, 4.69) is 90.3 Å². The van der Waals surface area contributed by atoms with Crippen LogP contribution >= 0.6 is 0 Å². The Labute approximate surface area is 181 Å². The minimum Gasteiger partial charge on any atom is -0.260 e. The van der Waals surface area contributed by atoms with Gasteiger partial charge < -0.3 is 0 Å². The monoisotopic (exact) mass is 397 g/mol. The van der Waals surface area contributed by atoms with Crippen LogP contribution in [0, 0.1) is 6.92 Å². The molecule has 2 aromatic heterocycles. The van der Waals surface area contributed by atoms with Crippen molar-refractivity contribution in [2.75, 3.05) is 0 Å². The fraction of sp³-hybridized carbons (Fsp3) is 0.103. The second-order valence-electron chi connectivity index (χ2n) is 8.71. The molecule has 5 aromatic rings. The molecule has 0 aliphatic heterocycles. The second kappa shape index (κ2) is 5.89. The van der Waals surface area contributed by atoms with E-state index in [4.69, 9.17) is 0 Å². The van der Waals surface area contributed by atoms with Crippen LogP contribution in [-0.4, -0.2) is 4.98 Å². The summed E-state index contributed by atoms with van der Waals surface area (Å²) in [5.74, 6) is 0. The maximum atomic E-state index is 4.68. The highest BCUT2D eigenvalue weighted by molar-refractivity contribution is 6.14. The third-order valence-electron chi connectivity index (χ3n) is 7.12. The zero-order valence-corrected chi connectivity index (χ0v) is 17.6. The summed E-state index contributed by atoms with van der Waals surface area (Å²) in [6.07, 6.45) is 2.80. The van der Waals surface area contributed by atoms with Gasteiger partial charge in [-0.25, -0.2) is 0 Å². The fourth-order valence-corrected chi connectivity index (χ4v) is 5.72. The third kappa shape index (κ3) is 2.12. The molecule has 0 spiro atoms. The second-order valence-corrected chi connectivity index (χ2v) is 8.71. The molecule has 31 heavy (non-hydrogen) atoms. The number of benzene rings is 3. The van der Waals surface area contributed by atoms with Gasteiger partial charge in [-0.05, 0) is 46.4 Å². The molecular weight excluding hydrogens is 376 g/mol. The minimum atomic E-state index is 0.895. The lowest BCUT2D eigenvalue weighted by Gasteiger charge is -2.13. The molecule has 0 saturated heterocycles. The maximum absolute atomic E-state index is 4.68. The lowest BCUT2D eigenvalue weighted by Crippen LogP contribution is -2.32. The first-order valence-electron chi connectivity index (χ1n) is 10.8. The molecule has 3 aromatic carbocycles. The van der Waals surface area contributed by atoms with Gasteiger partial charge in [0, 0.05) is 35.9 Å². The van der Waals surface area contributed by atoms with Crippen LogP contribution in [0.15, 0.2) is 79.0 Å². The van der Waals surface area contributed by atoms with Crippen molar-refractivity contribution >= 4 is 10.9 Å². The van der Waals surface area contributed by atoms with E-state index in [0.29, 0.717) is 0 Å². The van der Waals surface area contributed by atoms with Gasteiger partial charge in [-0.2, -0.15) is 4.57 Å². The van der Waals surface area contributed by atoms with Crippen molar-refractivity contribution in [2.24, 2.45) is 7.05 Å². The molecule has 0 radical (unpaired) electrons. The Kier molecular flexibility index (Phi) is 3.22. The van der Waals surface area contributed by atoms with Crippen LogP contribution in [0.3, 0.4) is 0 Å². The molecule has 2 heteroatoms. The molecule has 146 valence electrons. The number of fused-ring (bicyclic) bond motifs is 6. The summed E-state index contributed by atoms with van der Waals surface area (Å²) in [6, 6.07) is 26.7. The summed E-state index contributed by atoms with van der Waals surface area (Å²) < 4.78 is 2.38. The number of pyridine rings is 2. The Morgan fingerprint density at radius 3 is 2.39 bits per heavy atom. The van der Waals surface area contributed by atoms with Gasteiger partial charge in [0.05, 0.1) is 16.6 Å². The Balaban J connectivity index is 1.58. The van der Waals surface area contributed by atoms with E-state index in [9.17, 15) is 0 Å². The molecule has 0 saturated carbocycles. The Morgan fingerprint density at radius 1 is 0.742 bits per heavy atom. The van der Waals surface area contributed by atoms with Crippen LogP contribution < -0.4 is 4.57 Å². The highest BCUT2D eigenvalue weighted by Gasteiger charge is 2.31. The summed E-state index contributed by atoms with van der Waals surface area (Å²) in [5.41, 5.74) is 15.8. The average molecular weight is 398 g/mol. The summed E-state index contributed by atoms with van der Waals surface area (Å²) in [4.78, 5) is 4.68. The van der Waals surface area contributed by atoms with E-state index in [1.165, 1.54) is 72.4 Å². The molecule has 0 amide bonds. The van der Waals surface area contributed by atoms with Crippen LogP contribution in [0.5, 0.6) is 0 Å². The van der Waals surface area contributed by atoms with Crippen molar-refractivity contribution in [1.82, 2.24) is 4.98 Å². The third-order valence-corrected chi connectivity index (χ3v) is 7.12. The van der Waals surface area contributed by atoms with Gasteiger partial charge in [0.1, 0.15) is 7.05 Å². The average Bonchev–Trinajstić information content (AvgIpc) is 3.33. The number of rotatable bonds is 1. The molecule has 0 N–H and O–H groups in total. The van der Waals surface area contributed by atoms with Crippen molar-refractivity contribution in [3.8, 4) is 44.6 Å². The Morgan fingerprint density at radius 2 is 1.52 bits per heavy atom. The van der Waals surface area contributed by atoms with Crippen molar-refractivity contribution in [3.63, 3.8) is 0 Å². The van der Waals surface area contributed by atoms with Crippen LogP contribution in [0.2, 0.25) is 0 Å². The number of aryl methyl sites for hydroxylation is 2. The molecule has 0 fully saturated rings. The SMILES string of the molecule is Cc1ccc2c(c1-c1cc3c4c(cccc4[n+]1C)-c1ccccc1-3)Cc1ncccc1-2. The number of aromatic nitrogens is 2. The van der Waals surface area contributed by atoms with E-state index in [0.717, 1.165) is 6.42 Å². The lowest BCUT2D eigenvalue weighted by atomic mass is 9.92. The standard InChI is InChI=1S/C29H21N2/c1-17-12-13-20-21-10-6-14-30-25(21)15-23(20)28(17)27-16-24-19-8-4-3-7-18(19)22-9-5-11-26(29(22)24)31(27)2/h3-14,16H,15H2,1-2H3/q+1. The topological polar surface area (TPSA) is 16.8 Å². The first kappa shape index (κ1) is 17.0. The first-order chi connectivity index (χ1) is 15.2. The van der Waals surface area contributed by atoms with Gasteiger partial charge in [-0.15, -0.1) is 0 Å². The van der Waals surface area contributed by atoms with Crippen molar-refractivity contribution in [3.05, 3.63) is 95.8 Å². The lowest BCUT2D eigenvalue weighted by molar-refractivity contribution is -0.633. The molecule has 0 bridgehead atoms. The van der Waals surface area contributed by atoms with Crippen LogP contribution in [-0.2, 0) is 13.5 Å². The van der Waals surface area contributed by atoms with Crippen LogP contribution in [0.4, 0.5) is 0 Å². The summed E-state index contributed by atoms with van der Waals surface area (Å²) >= 11 is 0. The van der Waals surface area contributed by atoms with E-state index in [-0.39, 0.29) is 0 Å².